The Morgan fingerprint density at radius 2 is 1.74 bits per heavy atom. The molecule has 0 spiro atoms. The summed E-state index contributed by atoms with van der Waals surface area (Å²) in [5, 5.41) is 10.8. The summed E-state index contributed by atoms with van der Waals surface area (Å²) in [4.78, 5) is 28.5. The van der Waals surface area contributed by atoms with Gasteiger partial charge in [0, 0.05) is 16.0 Å². The molecule has 2 N–H and O–H groups in total. The molecule has 0 fully saturated rings. The van der Waals surface area contributed by atoms with Gasteiger partial charge in [-0.2, -0.15) is 0 Å². The zero-order chi connectivity index (χ0) is 23.9. The van der Waals surface area contributed by atoms with E-state index >= 15 is 0 Å². The number of nitrogens with one attached hydrogen (secondary N) is 2. The highest BCUT2D eigenvalue weighted by Gasteiger charge is 2.34. The molecule has 1 aliphatic carbocycles. The Morgan fingerprint density at radius 1 is 0.941 bits per heavy atom. The average molecular weight is 489 g/mol. The molecule has 0 unspecified atom stereocenters. The number of amides is 2. The van der Waals surface area contributed by atoms with E-state index in [2.05, 4.69) is 31.4 Å². The molecule has 4 aromatic rings. The van der Waals surface area contributed by atoms with E-state index in [-0.39, 0.29) is 17.2 Å². The fourth-order valence-electron chi connectivity index (χ4n) is 4.75. The summed E-state index contributed by atoms with van der Waals surface area (Å²) in [7, 11) is 0. The number of thiophene rings is 2. The van der Waals surface area contributed by atoms with Gasteiger partial charge in [-0.1, -0.05) is 63.2 Å². The van der Waals surface area contributed by atoms with Crippen LogP contribution in [0.5, 0.6) is 0 Å². The largest absolute Gasteiger partial charge is 0.321 e. The summed E-state index contributed by atoms with van der Waals surface area (Å²) in [5.74, 6) is 0.221. The summed E-state index contributed by atoms with van der Waals surface area (Å²) >= 11 is 2.96. The van der Waals surface area contributed by atoms with Gasteiger partial charge in [0.15, 0.2) is 0 Å². The number of carbonyl (C=O) groups is 2. The number of carbonyl (C=O) groups excluding carboxylic acids is 2. The lowest BCUT2D eigenvalue weighted by molar-refractivity contribution is 0.102. The molecule has 1 aliphatic rings. The van der Waals surface area contributed by atoms with Crippen molar-refractivity contribution in [2.24, 2.45) is 11.3 Å². The van der Waals surface area contributed by atoms with Crippen LogP contribution in [-0.4, -0.2) is 11.8 Å². The van der Waals surface area contributed by atoms with Crippen molar-refractivity contribution in [1.82, 2.24) is 0 Å². The maximum Gasteiger partial charge on any atom is 0.266 e. The lowest BCUT2D eigenvalue weighted by atomic mass is 9.72. The summed E-state index contributed by atoms with van der Waals surface area (Å²) in [6.07, 6.45) is 2.83. The minimum absolute atomic E-state index is 0.162. The third kappa shape index (κ3) is 4.40. The number of hydrogen-bond acceptors (Lipinski definition) is 4. The smallest absolute Gasteiger partial charge is 0.266 e. The fourth-order valence-corrected chi connectivity index (χ4v) is 6.68. The average Bonchev–Trinajstić information content (AvgIpc) is 3.46. The summed E-state index contributed by atoms with van der Waals surface area (Å²) < 4.78 is 0. The van der Waals surface area contributed by atoms with Crippen LogP contribution in [0.1, 0.15) is 57.7 Å². The summed E-state index contributed by atoms with van der Waals surface area (Å²) in [5.41, 5.74) is 2.69. The SMILES string of the molecule is CC(C)(C)[C@H]1CCc2c(sc(NC(=O)c3cccs3)c2C(=O)Nc2cccc3ccccc23)C1. The number of anilines is 2. The van der Waals surface area contributed by atoms with Gasteiger partial charge in [0.2, 0.25) is 0 Å². The van der Waals surface area contributed by atoms with E-state index < -0.39 is 0 Å². The van der Waals surface area contributed by atoms with Crippen LogP contribution >= 0.6 is 22.7 Å². The van der Waals surface area contributed by atoms with Crippen molar-refractivity contribution in [2.75, 3.05) is 10.6 Å². The first-order valence-corrected chi connectivity index (χ1v) is 13.3. The van der Waals surface area contributed by atoms with Crippen molar-refractivity contribution in [3.8, 4) is 0 Å². The van der Waals surface area contributed by atoms with Crippen LogP contribution in [0.4, 0.5) is 10.7 Å². The molecule has 2 aromatic heterocycles. The standard InChI is InChI=1S/C28H28N2O2S2/c1-28(2,3)18-13-14-20-23(16-18)34-27(30-25(31)22-12-7-15-33-22)24(20)26(32)29-21-11-6-9-17-8-4-5-10-19(17)21/h4-12,15,18H,13-14,16H2,1-3H3,(H,29,32)(H,30,31)/t18-/m0/s1. The molecule has 0 saturated heterocycles. The van der Waals surface area contributed by atoms with Gasteiger partial charge in [0.25, 0.3) is 11.8 Å². The monoisotopic (exact) mass is 488 g/mol. The minimum atomic E-state index is -0.167. The van der Waals surface area contributed by atoms with Crippen LogP contribution in [-0.2, 0) is 12.8 Å². The Kier molecular flexibility index (Phi) is 6.04. The first-order valence-electron chi connectivity index (χ1n) is 11.6. The third-order valence-electron chi connectivity index (χ3n) is 6.73. The Labute approximate surface area is 208 Å². The Hall–Kier alpha value is -2.96. The second kappa shape index (κ2) is 9.01. The van der Waals surface area contributed by atoms with Crippen LogP contribution in [0.3, 0.4) is 0 Å². The van der Waals surface area contributed by atoms with E-state index in [4.69, 9.17) is 0 Å². The van der Waals surface area contributed by atoms with Gasteiger partial charge >= 0.3 is 0 Å². The quantitative estimate of drug-likeness (QED) is 0.310. The molecule has 4 nitrogen and oxygen atoms in total. The Bertz CT molecular complexity index is 1360. The van der Waals surface area contributed by atoms with Crippen molar-refractivity contribution in [1.29, 1.82) is 0 Å². The van der Waals surface area contributed by atoms with Crippen molar-refractivity contribution in [3.63, 3.8) is 0 Å². The summed E-state index contributed by atoms with van der Waals surface area (Å²) in [6.45, 7) is 6.84. The molecular weight excluding hydrogens is 460 g/mol. The van der Waals surface area contributed by atoms with E-state index in [1.807, 2.05) is 53.9 Å². The topological polar surface area (TPSA) is 58.2 Å². The molecule has 2 heterocycles. The molecule has 1 atom stereocenters. The number of fused-ring (bicyclic) bond motifs is 2. The molecule has 0 aliphatic heterocycles. The first-order chi connectivity index (χ1) is 16.3. The molecular formula is C28H28N2O2S2. The molecule has 34 heavy (non-hydrogen) atoms. The number of hydrogen-bond donors (Lipinski definition) is 2. The maximum absolute atomic E-state index is 13.7. The number of rotatable bonds is 4. The Balaban J connectivity index is 1.52. The highest BCUT2D eigenvalue weighted by atomic mass is 32.1. The predicted octanol–water partition coefficient (Wildman–Crippen LogP) is 7.62. The molecule has 0 saturated carbocycles. The van der Waals surface area contributed by atoms with Gasteiger partial charge in [-0.25, -0.2) is 0 Å². The summed E-state index contributed by atoms with van der Waals surface area (Å²) in [6, 6.07) is 17.6. The highest BCUT2D eigenvalue weighted by Crippen LogP contribution is 2.44. The number of benzene rings is 2. The predicted molar refractivity (Wildman–Crippen MR) is 143 cm³/mol. The lowest BCUT2D eigenvalue weighted by Gasteiger charge is -2.33. The van der Waals surface area contributed by atoms with Crippen LogP contribution in [0.2, 0.25) is 0 Å². The van der Waals surface area contributed by atoms with Gasteiger partial charge in [-0.15, -0.1) is 22.7 Å². The van der Waals surface area contributed by atoms with Crippen molar-refractivity contribution >= 4 is 55.9 Å². The van der Waals surface area contributed by atoms with Gasteiger partial charge in [-0.3, -0.25) is 9.59 Å². The third-order valence-corrected chi connectivity index (χ3v) is 8.77. The second-order valence-corrected chi connectivity index (χ2v) is 12.0. The van der Waals surface area contributed by atoms with E-state index in [1.54, 1.807) is 17.4 Å². The van der Waals surface area contributed by atoms with Crippen LogP contribution < -0.4 is 10.6 Å². The molecule has 5 rings (SSSR count). The molecule has 0 radical (unpaired) electrons. The first kappa shape index (κ1) is 22.8. The maximum atomic E-state index is 13.7. The van der Waals surface area contributed by atoms with Gasteiger partial charge in [0.05, 0.1) is 10.4 Å². The zero-order valence-corrected chi connectivity index (χ0v) is 21.2. The molecule has 174 valence electrons. The van der Waals surface area contributed by atoms with Gasteiger partial charge in [0.1, 0.15) is 5.00 Å². The van der Waals surface area contributed by atoms with Gasteiger partial charge in [-0.05, 0) is 59.1 Å². The van der Waals surface area contributed by atoms with E-state index in [0.29, 0.717) is 21.4 Å². The molecule has 2 amide bonds. The van der Waals surface area contributed by atoms with E-state index in [1.165, 1.54) is 16.2 Å². The normalized spacial score (nSPS) is 15.7. The van der Waals surface area contributed by atoms with Crippen molar-refractivity contribution in [3.05, 3.63) is 80.9 Å². The van der Waals surface area contributed by atoms with Crippen molar-refractivity contribution in [2.45, 2.75) is 40.0 Å². The van der Waals surface area contributed by atoms with E-state index in [9.17, 15) is 9.59 Å². The zero-order valence-electron chi connectivity index (χ0n) is 19.6. The van der Waals surface area contributed by atoms with Crippen LogP contribution in [0.25, 0.3) is 10.8 Å². The molecule has 6 heteroatoms. The van der Waals surface area contributed by atoms with Gasteiger partial charge < -0.3 is 10.6 Å². The van der Waals surface area contributed by atoms with Crippen LogP contribution in [0, 0.1) is 11.3 Å². The lowest BCUT2D eigenvalue weighted by Crippen LogP contribution is -2.27. The fraction of sp³-hybridized carbons (Fsp3) is 0.286. The van der Waals surface area contributed by atoms with Crippen molar-refractivity contribution < 1.29 is 9.59 Å². The van der Waals surface area contributed by atoms with E-state index in [0.717, 1.165) is 41.3 Å². The molecule has 2 aromatic carbocycles. The Morgan fingerprint density at radius 3 is 2.50 bits per heavy atom. The molecule has 0 bridgehead atoms. The van der Waals surface area contributed by atoms with Crippen LogP contribution in [0.15, 0.2) is 60.0 Å². The highest BCUT2D eigenvalue weighted by molar-refractivity contribution is 7.17. The minimum Gasteiger partial charge on any atom is -0.321 e. The second-order valence-electron chi connectivity index (χ2n) is 9.93.